The number of aliphatic hydroxyl groups excluding tert-OH is 1. The smallest absolute Gasteiger partial charge is 0.222 e. The number of amides is 1. The van der Waals surface area contributed by atoms with Crippen molar-refractivity contribution in [3.05, 3.63) is 29.8 Å². The summed E-state index contributed by atoms with van der Waals surface area (Å²) in [4.78, 5) is 16.6. The van der Waals surface area contributed by atoms with E-state index in [4.69, 9.17) is 4.74 Å². The maximum atomic E-state index is 12.4. The molecular formula is C19H28N2O3. The van der Waals surface area contributed by atoms with Crippen LogP contribution < -0.4 is 4.74 Å². The Morgan fingerprint density at radius 1 is 1.21 bits per heavy atom. The van der Waals surface area contributed by atoms with Gasteiger partial charge in [0.2, 0.25) is 5.91 Å². The summed E-state index contributed by atoms with van der Waals surface area (Å²) in [7, 11) is 1.65. The number of aryl methyl sites for hydroxylation is 1. The minimum Gasteiger partial charge on any atom is -0.497 e. The van der Waals surface area contributed by atoms with Crippen LogP contribution in [-0.4, -0.2) is 66.8 Å². The number of nitrogens with zero attached hydrogens (tertiary/aromatic N) is 2. The van der Waals surface area contributed by atoms with Crippen LogP contribution >= 0.6 is 0 Å². The van der Waals surface area contributed by atoms with Crippen LogP contribution in [0.2, 0.25) is 0 Å². The Balaban J connectivity index is 1.38. The summed E-state index contributed by atoms with van der Waals surface area (Å²) < 4.78 is 5.15. The van der Waals surface area contributed by atoms with Gasteiger partial charge in [-0.05, 0) is 42.9 Å². The molecule has 5 nitrogen and oxygen atoms in total. The predicted molar refractivity (Wildman–Crippen MR) is 93.1 cm³/mol. The number of rotatable bonds is 7. The number of piperazine rings is 1. The lowest BCUT2D eigenvalue weighted by Crippen LogP contribution is -2.50. The molecule has 0 bridgehead atoms. The molecule has 2 fully saturated rings. The lowest BCUT2D eigenvalue weighted by molar-refractivity contribution is -0.133. The monoisotopic (exact) mass is 332 g/mol. The fraction of sp³-hybridized carbons (Fsp3) is 0.632. The van der Waals surface area contributed by atoms with E-state index in [1.54, 1.807) is 7.11 Å². The second kappa shape index (κ2) is 7.99. The standard InChI is InChI=1S/C19H28N2O3/c1-24-17-7-2-15(3-8-17)4-9-19(23)21-12-10-20(11-13-21)14-18(22)16-5-6-16/h2-3,7-8,16,18,22H,4-6,9-14H2,1H3/t18-/m1/s1. The number of carbonyl (C=O) groups is 1. The van der Waals surface area contributed by atoms with Gasteiger partial charge in [-0.25, -0.2) is 0 Å². The Morgan fingerprint density at radius 2 is 1.88 bits per heavy atom. The Hall–Kier alpha value is -1.59. The lowest BCUT2D eigenvalue weighted by Gasteiger charge is -2.35. The Kier molecular flexibility index (Phi) is 5.74. The summed E-state index contributed by atoms with van der Waals surface area (Å²) in [6.07, 6.45) is 3.48. The number of carbonyl (C=O) groups excluding carboxylic acids is 1. The molecule has 2 aliphatic rings. The molecule has 3 rings (SSSR count). The van der Waals surface area contributed by atoms with E-state index in [-0.39, 0.29) is 12.0 Å². The van der Waals surface area contributed by atoms with Crippen molar-refractivity contribution in [2.45, 2.75) is 31.8 Å². The Labute approximate surface area is 144 Å². The maximum Gasteiger partial charge on any atom is 0.222 e. The number of hydrogen-bond donors (Lipinski definition) is 1. The van der Waals surface area contributed by atoms with Crippen LogP contribution in [0.1, 0.15) is 24.8 Å². The first-order valence-electron chi connectivity index (χ1n) is 8.97. The zero-order valence-corrected chi connectivity index (χ0v) is 14.5. The van der Waals surface area contributed by atoms with Crippen LogP contribution in [0, 0.1) is 5.92 Å². The van der Waals surface area contributed by atoms with Crippen molar-refractivity contribution in [3.8, 4) is 5.75 Å². The molecule has 1 atom stereocenters. The highest BCUT2D eigenvalue weighted by molar-refractivity contribution is 5.76. The Morgan fingerprint density at radius 3 is 2.46 bits per heavy atom. The number of ether oxygens (including phenoxy) is 1. The molecule has 1 saturated heterocycles. The van der Waals surface area contributed by atoms with E-state index >= 15 is 0 Å². The molecule has 1 aliphatic heterocycles. The number of methoxy groups -OCH3 is 1. The van der Waals surface area contributed by atoms with Crippen LogP contribution in [0.15, 0.2) is 24.3 Å². The van der Waals surface area contributed by atoms with E-state index in [9.17, 15) is 9.90 Å². The molecule has 24 heavy (non-hydrogen) atoms. The fourth-order valence-corrected chi connectivity index (χ4v) is 3.28. The normalized spacial score (nSPS) is 20.0. The van der Waals surface area contributed by atoms with Crippen LogP contribution in [-0.2, 0) is 11.2 Å². The zero-order chi connectivity index (χ0) is 16.9. The molecule has 0 spiro atoms. The summed E-state index contributed by atoms with van der Waals surface area (Å²) >= 11 is 0. The third-order valence-electron chi connectivity index (χ3n) is 5.12. The molecular weight excluding hydrogens is 304 g/mol. The van der Waals surface area contributed by atoms with Gasteiger partial charge in [0.15, 0.2) is 0 Å². The molecule has 1 aromatic carbocycles. The van der Waals surface area contributed by atoms with Gasteiger partial charge < -0.3 is 14.7 Å². The summed E-state index contributed by atoms with van der Waals surface area (Å²) in [6, 6.07) is 7.90. The summed E-state index contributed by atoms with van der Waals surface area (Å²) in [5.41, 5.74) is 1.16. The van der Waals surface area contributed by atoms with Crippen molar-refractivity contribution in [1.29, 1.82) is 0 Å². The van der Waals surface area contributed by atoms with Crippen molar-refractivity contribution in [3.63, 3.8) is 0 Å². The molecule has 1 heterocycles. The molecule has 1 saturated carbocycles. The van der Waals surface area contributed by atoms with E-state index in [0.29, 0.717) is 12.3 Å². The highest BCUT2D eigenvalue weighted by Gasteiger charge is 2.31. The van der Waals surface area contributed by atoms with Crippen molar-refractivity contribution in [2.75, 3.05) is 39.8 Å². The van der Waals surface area contributed by atoms with Crippen LogP contribution in [0.4, 0.5) is 0 Å². The molecule has 0 aromatic heterocycles. The van der Waals surface area contributed by atoms with E-state index < -0.39 is 0 Å². The topological polar surface area (TPSA) is 53.0 Å². The number of β-amino-alcohol motifs (C(OH)–C–C–N with tert-alkyl or cyclic N) is 1. The fourth-order valence-electron chi connectivity index (χ4n) is 3.28. The van der Waals surface area contributed by atoms with Crippen LogP contribution in [0.25, 0.3) is 0 Å². The van der Waals surface area contributed by atoms with Gasteiger partial charge in [0.1, 0.15) is 5.75 Å². The quantitative estimate of drug-likeness (QED) is 0.823. The Bertz CT molecular complexity index is 534. The van der Waals surface area contributed by atoms with Crippen molar-refractivity contribution in [1.82, 2.24) is 9.80 Å². The second-order valence-electron chi connectivity index (χ2n) is 6.93. The average Bonchev–Trinajstić information content (AvgIpc) is 3.46. The maximum absolute atomic E-state index is 12.4. The first-order chi connectivity index (χ1) is 11.7. The van der Waals surface area contributed by atoms with Gasteiger partial charge in [0.25, 0.3) is 0 Å². The van der Waals surface area contributed by atoms with Gasteiger partial charge >= 0.3 is 0 Å². The van der Waals surface area contributed by atoms with Gasteiger partial charge in [0, 0.05) is 39.1 Å². The number of aliphatic hydroxyl groups is 1. The first kappa shape index (κ1) is 17.2. The van der Waals surface area contributed by atoms with Crippen molar-refractivity contribution >= 4 is 5.91 Å². The minimum absolute atomic E-state index is 0.178. The molecule has 1 aromatic rings. The van der Waals surface area contributed by atoms with E-state index in [0.717, 1.165) is 50.5 Å². The lowest BCUT2D eigenvalue weighted by atomic mass is 10.1. The van der Waals surface area contributed by atoms with E-state index in [1.165, 1.54) is 12.8 Å². The van der Waals surface area contributed by atoms with Gasteiger partial charge in [0.05, 0.1) is 13.2 Å². The van der Waals surface area contributed by atoms with Gasteiger partial charge in [-0.2, -0.15) is 0 Å². The molecule has 132 valence electrons. The summed E-state index contributed by atoms with van der Waals surface area (Å²) in [6.45, 7) is 4.06. The minimum atomic E-state index is -0.178. The second-order valence-corrected chi connectivity index (χ2v) is 6.93. The third-order valence-corrected chi connectivity index (χ3v) is 5.12. The number of benzene rings is 1. The van der Waals surface area contributed by atoms with Crippen molar-refractivity contribution < 1.29 is 14.6 Å². The van der Waals surface area contributed by atoms with Crippen molar-refractivity contribution in [2.24, 2.45) is 5.92 Å². The van der Waals surface area contributed by atoms with Gasteiger partial charge in [-0.15, -0.1) is 0 Å². The highest BCUT2D eigenvalue weighted by atomic mass is 16.5. The molecule has 1 amide bonds. The average molecular weight is 332 g/mol. The highest BCUT2D eigenvalue weighted by Crippen LogP contribution is 2.32. The summed E-state index contributed by atoms with van der Waals surface area (Å²) in [5.74, 6) is 1.59. The van der Waals surface area contributed by atoms with E-state index in [1.807, 2.05) is 29.2 Å². The van der Waals surface area contributed by atoms with Crippen LogP contribution in [0.3, 0.4) is 0 Å². The first-order valence-corrected chi connectivity index (χ1v) is 8.97. The van der Waals surface area contributed by atoms with E-state index in [2.05, 4.69) is 4.90 Å². The molecule has 0 radical (unpaired) electrons. The SMILES string of the molecule is COc1ccc(CCC(=O)N2CCN(C[C@@H](O)C3CC3)CC2)cc1. The van der Waals surface area contributed by atoms with Gasteiger partial charge in [-0.1, -0.05) is 12.1 Å². The summed E-state index contributed by atoms with van der Waals surface area (Å²) in [5, 5.41) is 10.0. The van der Waals surface area contributed by atoms with Crippen LogP contribution in [0.5, 0.6) is 5.75 Å². The molecule has 1 aliphatic carbocycles. The van der Waals surface area contributed by atoms with Gasteiger partial charge in [-0.3, -0.25) is 9.69 Å². The number of hydrogen-bond acceptors (Lipinski definition) is 4. The molecule has 1 N–H and O–H groups in total. The predicted octanol–water partition coefficient (Wildman–Crippen LogP) is 1.54. The third kappa shape index (κ3) is 4.71. The molecule has 5 heteroatoms. The largest absolute Gasteiger partial charge is 0.497 e. The molecule has 0 unspecified atom stereocenters. The zero-order valence-electron chi connectivity index (χ0n) is 14.5.